The molecule has 4 nitrogen and oxygen atoms in total. The number of carboxylic acids is 1. The predicted molar refractivity (Wildman–Crippen MR) is 52.6 cm³/mol. The fourth-order valence-electron chi connectivity index (χ4n) is 0.658. The van der Waals surface area contributed by atoms with Gasteiger partial charge in [0.05, 0.1) is 12.1 Å². The van der Waals surface area contributed by atoms with Gasteiger partial charge in [-0.25, -0.2) is 0 Å². The summed E-state index contributed by atoms with van der Waals surface area (Å²) in [6, 6.07) is 5.21. The van der Waals surface area contributed by atoms with E-state index in [1.165, 1.54) is 0 Å². The molecule has 0 amide bonds. The first-order valence-electron chi connectivity index (χ1n) is 3.14. The van der Waals surface area contributed by atoms with E-state index >= 15 is 0 Å². The maximum Gasteiger partial charge on any atom is -0.693 e. The second-order valence-electron chi connectivity index (χ2n) is 1.94. The van der Waals surface area contributed by atoms with Gasteiger partial charge in [0, 0.05) is 6.20 Å². The van der Waals surface area contributed by atoms with Crippen LogP contribution in [-0.2, 0) is 27.7 Å². The van der Waals surface area contributed by atoms with Crippen LogP contribution in [0, 0.1) is 0 Å². The van der Waals surface area contributed by atoms with Crippen LogP contribution in [0.5, 0.6) is 0 Å². The number of aliphatic carboxylic acids is 1. The zero-order valence-corrected chi connectivity index (χ0v) is 10.8. The third kappa shape index (κ3) is 9.93. The molecule has 0 radical (unpaired) electrons. The molecule has 1 aromatic rings. The first kappa shape index (κ1) is 16.3. The fourth-order valence-corrected chi connectivity index (χ4v) is 0.658. The Morgan fingerprint density at radius 2 is 2.07 bits per heavy atom. The van der Waals surface area contributed by atoms with Gasteiger partial charge in [-0.1, -0.05) is 6.07 Å². The first-order chi connectivity index (χ1) is 6.20. The Morgan fingerprint density at radius 3 is 2.43 bits per heavy atom. The Hall–Kier alpha value is -0.152. The summed E-state index contributed by atoms with van der Waals surface area (Å²) in [7, 11) is 9.75. The summed E-state index contributed by atoms with van der Waals surface area (Å²) in [6.45, 7) is 0. The van der Waals surface area contributed by atoms with Crippen molar-refractivity contribution in [2.45, 2.75) is 6.42 Å². The maximum absolute atomic E-state index is 10.1. The topological polar surface area (TPSA) is 83.7 Å². The van der Waals surface area contributed by atoms with Crippen molar-refractivity contribution in [1.82, 2.24) is 4.98 Å². The van der Waals surface area contributed by atoms with Gasteiger partial charge in [-0.15, -0.1) is 0 Å². The minimum absolute atomic E-state index is 0. The SMILES string of the molecule is O=C(O)Cc1ccccn1.[Cl][Pt][Cl].[NH2-]. The quantitative estimate of drug-likeness (QED) is 0.801. The van der Waals surface area contributed by atoms with Crippen molar-refractivity contribution in [3.63, 3.8) is 0 Å². The molecule has 1 aromatic heterocycles. The molecule has 0 aliphatic carbocycles. The molecule has 3 N–H and O–H groups in total. The smallest absolute Gasteiger partial charge is 0.693 e. The van der Waals surface area contributed by atoms with E-state index in [1.54, 1.807) is 24.4 Å². The first-order valence-corrected chi connectivity index (χ1v) is 8.78. The van der Waals surface area contributed by atoms with Crippen molar-refractivity contribution in [1.29, 1.82) is 0 Å². The van der Waals surface area contributed by atoms with Gasteiger partial charge in [0.25, 0.3) is 0 Å². The van der Waals surface area contributed by atoms with E-state index in [9.17, 15) is 4.79 Å². The molecule has 0 unspecified atom stereocenters. The van der Waals surface area contributed by atoms with E-state index in [1.807, 2.05) is 0 Å². The predicted octanol–water partition coefficient (Wildman–Crippen LogP) is 2.80. The normalized spacial score (nSPS) is 8.14. The van der Waals surface area contributed by atoms with Crippen LogP contribution in [0.2, 0.25) is 0 Å². The molecule has 0 aliphatic rings. The van der Waals surface area contributed by atoms with Crippen LogP contribution in [0.4, 0.5) is 0 Å². The van der Waals surface area contributed by atoms with E-state index in [-0.39, 0.29) is 12.6 Å². The van der Waals surface area contributed by atoms with Crippen LogP contribution in [-0.4, -0.2) is 16.1 Å². The zero-order valence-electron chi connectivity index (χ0n) is 6.97. The molecule has 7 heteroatoms. The summed E-state index contributed by atoms with van der Waals surface area (Å²) >= 11 is -0.472. The van der Waals surface area contributed by atoms with Gasteiger partial charge >= 0.3 is 41.3 Å². The van der Waals surface area contributed by atoms with Crippen molar-refractivity contribution in [3.8, 4) is 0 Å². The standard InChI is InChI=1S/C7H7NO2.2ClH.H2N.Pt/c9-7(10)5-6-3-1-2-4-8-6;;;;/h1-4H,5H2,(H,9,10);2*1H;1H2;/q;;;-1;+2/p-2. The molecule has 1 heterocycles. The molecule has 0 spiro atoms. The van der Waals surface area contributed by atoms with Gasteiger partial charge in [-0.05, 0) is 12.1 Å². The summed E-state index contributed by atoms with van der Waals surface area (Å²) in [5.74, 6) is -0.848. The van der Waals surface area contributed by atoms with E-state index in [2.05, 4.69) is 4.98 Å². The average Bonchev–Trinajstić information content (AvgIpc) is 2.06. The molecule has 1 rings (SSSR count). The largest absolute Gasteiger partial charge is 0.693 e. The van der Waals surface area contributed by atoms with Crippen molar-refractivity contribution >= 4 is 24.8 Å². The average molecular weight is 419 g/mol. The molecule has 0 aromatic carbocycles. The Kier molecular flexibility index (Phi) is 12.7. The summed E-state index contributed by atoms with van der Waals surface area (Å²) < 4.78 is 0. The number of hydrogen-bond acceptors (Lipinski definition) is 2. The minimum Gasteiger partial charge on any atom is -0.693 e. The molecule has 14 heavy (non-hydrogen) atoms. The van der Waals surface area contributed by atoms with Crippen LogP contribution in [0.3, 0.4) is 0 Å². The molecule has 84 valence electrons. The van der Waals surface area contributed by atoms with E-state index < -0.39 is 22.5 Å². The van der Waals surface area contributed by atoms with Crippen molar-refractivity contribution in [2.75, 3.05) is 0 Å². The van der Waals surface area contributed by atoms with Crippen LogP contribution < -0.4 is 0 Å². The molecule has 0 bridgehead atoms. The van der Waals surface area contributed by atoms with Crippen LogP contribution in [0.1, 0.15) is 5.69 Å². The van der Waals surface area contributed by atoms with Crippen molar-refractivity contribution in [3.05, 3.63) is 36.2 Å². The zero-order chi connectivity index (χ0) is 10.1. The van der Waals surface area contributed by atoms with E-state index in [4.69, 9.17) is 23.9 Å². The number of hydrogen-bond donors (Lipinski definition) is 1. The fraction of sp³-hybridized carbons (Fsp3) is 0.143. The number of carbonyl (C=O) groups is 1. The molecule has 0 fully saturated rings. The Morgan fingerprint density at radius 1 is 1.50 bits per heavy atom. The van der Waals surface area contributed by atoms with Gasteiger partial charge in [-0.2, -0.15) is 0 Å². The van der Waals surface area contributed by atoms with Crippen LogP contribution in [0.15, 0.2) is 24.4 Å². The molecular formula is C7H9Cl2N2O2Pt-. The number of rotatable bonds is 2. The second-order valence-corrected chi connectivity index (χ2v) is 5.22. The maximum atomic E-state index is 10.1. The van der Waals surface area contributed by atoms with Gasteiger partial charge in [0.15, 0.2) is 0 Å². The third-order valence-electron chi connectivity index (χ3n) is 1.06. The minimum atomic E-state index is -0.848. The summed E-state index contributed by atoms with van der Waals surface area (Å²) in [6.07, 6.45) is 1.58. The van der Waals surface area contributed by atoms with E-state index in [0.717, 1.165) is 0 Å². The summed E-state index contributed by atoms with van der Waals surface area (Å²) in [5.41, 5.74) is 0.593. The third-order valence-corrected chi connectivity index (χ3v) is 1.06. The molecule has 0 saturated carbocycles. The van der Waals surface area contributed by atoms with Crippen LogP contribution >= 0.6 is 18.8 Å². The molecule has 0 saturated heterocycles. The monoisotopic (exact) mass is 418 g/mol. The Bertz CT molecular complexity index is 249. The van der Waals surface area contributed by atoms with Crippen molar-refractivity contribution < 1.29 is 26.4 Å². The summed E-state index contributed by atoms with van der Waals surface area (Å²) in [5, 5.41) is 8.33. The van der Waals surface area contributed by atoms with Gasteiger partial charge in [0.2, 0.25) is 0 Å². The number of nitrogens with two attached hydrogens (primary N) is 1. The van der Waals surface area contributed by atoms with Gasteiger partial charge in [0.1, 0.15) is 0 Å². The Labute approximate surface area is 98.6 Å². The summed E-state index contributed by atoms with van der Waals surface area (Å²) in [4.78, 5) is 14.0. The molecule has 0 aliphatic heterocycles. The number of pyridine rings is 1. The van der Waals surface area contributed by atoms with Gasteiger partial charge < -0.3 is 11.3 Å². The Balaban J connectivity index is 0. The number of halogens is 2. The number of carboxylic acid groups (broad SMARTS) is 1. The second kappa shape index (κ2) is 10.9. The van der Waals surface area contributed by atoms with E-state index in [0.29, 0.717) is 5.69 Å². The molecule has 0 atom stereocenters. The molecular weight excluding hydrogens is 410 g/mol. The number of aromatic nitrogens is 1. The number of nitrogens with zero attached hydrogens (tertiary/aromatic N) is 1. The van der Waals surface area contributed by atoms with Crippen LogP contribution in [0.25, 0.3) is 6.15 Å². The van der Waals surface area contributed by atoms with Crippen molar-refractivity contribution in [2.24, 2.45) is 0 Å². The van der Waals surface area contributed by atoms with Gasteiger partial charge in [-0.3, -0.25) is 9.78 Å².